The van der Waals surface area contributed by atoms with Gasteiger partial charge in [0.2, 0.25) is 0 Å². The number of amides is 1. The zero-order valence-corrected chi connectivity index (χ0v) is 13.5. The minimum absolute atomic E-state index is 0.249. The van der Waals surface area contributed by atoms with Gasteiger partial charge in [0.1, 0.15) is 17.2 Å². The first-order valence-electron chi connectivity index (χ1n) is 7.76. The van der Waals surface area contributed by atoms with Gasteiger partial charge < -0.3 is 20.7 Å². The molecule has 3 N–H and O–H groups in total. The number of nitrogens with zero attached hydrogens (tertiary/aromatic N) is 5. The van der Waals surface area contributed by atoms with Crippen LogP contribution in [0.4, 0.5) is 17.5 Å². The smallest absolute Gasteiger partial charge is 0.256 e. The summed E-state index contributed by atoms with van der Waals surface area (Å²) in [6.45, 7) is 1.15. The standard InChI is InChI=1S/C15H16N8O2/c1-16-13-5-11-20-12-4-9(6-18-22-12)8-25-3-2-17-15(24)10-7-19-23(13)14(10)21-11/h4-7,16H,2-3,8H2,1H3,(H,17,24)(H,20,21,22). The highest BCUT2D eigenvalue weighted by Gasteiger charge is 2.17. The summed E-state index contributed by atoms with van der Waals surface area (Å²) in [6, 6.07) is 3.62. The summed E-state index contributed by atoms with van der Waals surface area (Å²) in [5.74, 6) is 1.50. The second kappa shape index (κ2) is 6.32. The molecule has 1 aliphatic heterocycles. The predicted molar refractivity (Wildman–Crippen MR) is 89.8 cm³/mol. The SMILES string of the molecule is CNc1cc2nc3c(cnn13)C(=O)NCCOCc1cnnc(c1)N2. The van der Waals surface area contributed by atoms with Crippen LogP contribution >= 0.6 is 0 Å². The van der Waals surface area contributed by atoms with E-state index in [1.165, 1.54) is 6.20 Å². The molecule has 0 unspecified atom stereocenters. The Morgan fingerprint density at radius 2 is 2.20 bits per heavy atom. The van der Waals surface area contributed by atoms with Gasteiger partial charge in [-0.3, -0.25) is 4.79 Å². The van der Waals surface area contributed by atoms with Crippen LogP contribution in [0.15, 0.2) is 24.5 Å². The Morgan fingerprint density at radius 1 is 1.28 bits per heavy atom. The minimum Gasteiger partial charge on any atom is -0.375 e. The summed E-state index contributed by atoms with van der Waals surface area (Å²) in [7, 11) is 1.77. The van der Waals surface area contributed by atoms with Crippen molar-refractivity contribution >= 4 is 29.0 Å². The summed E-state index contributed by atoms with van der Waals surface area (Å²) in [5, 5.41) is 21.2. The number of hydrogen-bond donors (Lipinski definition) is 3. The zero-order chi connectivity index (χ0) is 17.2. The second-order valence-corrected chi connectivity index (χ2v) is 5.45. The van der Waals surface area contributed by atoms with Crippen molar-refractivity contribution in [3.05, 3.63) is 35.7 Å². The summed E-state index contributed by atoms with van der Waals surface area (Å²) < 4.78 is 7.12. The van der Waals surface area contributed by atoms with Crippen molar-refractivity contribution in [1.82, 2.24) is 30.1 Å². The van der Waals surface area contributed by atoms with Gasteiger partial charge in [0.05, 0.1) is 25.6 Å². The maximum Gasteiger partial charge on any atom is 0.256 e. The molecular formula is C15H16N8O2. The number of carbonyl (C=O) groups is 1. The van der Waals surface area contributed by atoms with Crippen molar-refractivity contribution < 1.29 is 9.53 Å². The molecule has 0 saturated carbocycles. The molecule has 4 rings (SSSR count). The van der Waals surface area contributed by atoms with Crippen molar-refractivity contribution in [2.24, 2.45) is 0 Å². The van der Waals surface area contributed by atoms with Crippen molar-refractivity contribution in [3.8, 4) is 0 Å². The van der Waals surface area contributed by atoms with Gasteiger partial charge in [-0.1, -0.05) is 0 Å². The Bertz CT molecular complexity index is 938. The molecule has 4 heterocycles. The topological polar surface area (TPSA) is 118 Å². The Kier molecular flexibility index (Phi) is 3.86. The maximum atomic E-state index is 12.4. The van der Waals surface area contributed by atoms with E-state index in [1.54, 1.807) is 23.8 Å². The van der Waals surface area contributed by atoms with Gasteiger partial charge >= 0.3 is 0 Å². The second-order valence-electron chi connectivity index (χ2n) is 5.45. The Morgan fingerprint density at radius 3 is 3.08 bits per heavy atom. The van der Waals surface area contributed by atoms with Crippen molar-refractivity contribution in [3.63, 3.8) is 0 Å². The zero-order valence-electron chi connectivity index (χ0n) is 13.5. The minimum atomic E-state index is -0.249. The third kappa shape index (κ3) is 2.94. The number of hydrogen-bond acceptors (Lipinski definition) is 8. The molecule has 0 atom stereocenters. The van der Waals surface area contributed by atoms with E-state index < -0.39 is 0 Å². The van der Waals surface area contributed by atoms with Gasteiger partial charge in [0.15, 0.2) is 11.5 Å². The van der Waals surface area contributed by atoms with Gasteiger partial charge in [0.25, 0.3) is 5.91 Å². The lowest BCUT2D eigenvalue weighted by Gasteiger charge is -2.11. The van der Waals surface area contributed by atoms with E-state index in [0.717, 1.165) is 5.56 Å². The lowest BCUT2D eigenvalue weighted by Crippen LogP contribution is -2.27. The van der Waals surface area contributed by atoms with Crippen molar-refractivity contribution in [2.75, 3.05) is 30.8 Å². The van der Waals surface area contributed by atoms with Crippen molar-refractivity contribution in [1.29, 1.82) is 0 Å². The van der Waals surface area contributed by atoms with Crippen molar-refractivity contribution in [2.45, 2.75) is 6.61 Å². The molecule has 1 aliphatic rings. The Hall–Kier alpha value is -3.27. The summed E-state index contributed by atoms with van der Waals surface area (Å²) in [5.41, 5.74) is 1.70. The highest BCUT2D eigenvalue weighted by molar-refractivity contribution is 6.00. The molecule has 0 fully saturated rings. The molecule has 0 saturated heterocycles. The Balaban J connectivity index is 1.85. The molecule has 3 aromatic heterocycles. The Labute approximate surface area is 142 Å². The van der Waals surface area contributed by atoms with Gasteiger partial charge in [0, 0.05) is 25.2 Å². The third-order valence-corrected chi connectivity index (χ3v) is 3.74. The van der Waals surface area contributed by atoms with E-state index in [-0.39, 0.29) is 5.91 Å². The third-order valence-electron chi connectivity index (χ3n) is 3.74. The van der Waals surface area contributed by atoms with Crippen LogP contribution in [-0.4, -0.2) is 50.9 Å². The van der Waals surface area contributed by atoms with Crippen LogP contribution in [0.2, 0.25) is 0 Å². The van der Waals surface area contributed by atoms with Crippen LogP contribution in [-0.2, 0) is 11.3 Å². The number of aromatic nitrogens is 5. The molecule has 1 amide bonds. The van der Waals surface area contributed by atoms with Crippen LogP contribution in [0.25, 0.3) is 5.65 Å². The molecular weight excluding hydrogens is 324 g/mol. The quantitative estimate of drug-likeness (QED) is 0.588. The average Bonchev–Trinajstić information content (AvgIpc) is 3.04. The molecule has 128 valence electrons. The van der Waals surface area contributed by atoms with Crippen LogP contribution < -0.4 is 16.0 Å². The summed E-state index contributed by atoms with van der Waals surface area (Å²) >= 11 is 0. The predicted octanol–water partition coefficient (Wildman–Crippen LogP) is 0.565. The van der Waals surface area contributed by atoms with Crippen LogP contribution in [0, 0.1) is 0 Å². The van der Waals surface area contributed by atoms with E-state index in [1.807, 2.05) is 6.07 Å². The fourth-order valence-electron chi connectivity index (χ4n) is 2.57. The van der Waals surface area contributed by atoms with E-state index in [4.69, 9.17) is 4.74 Å². The summed E-state index contributed by atoms with van der Waals surface area (Å²) in [4.78, 5) is 16.9. The van der Waals surface area contributed by atoms with E-state index >= 15 is 0 Å². The monoisotopic (exact) mass is 340 g/mol. The number of carbonyl (C=O) groups excluding carboxylic acids is 1. The van der Waals surface area contributed by atoms with Gasteiger partial charge in [-0.25, -0.2) is 4.98 Å². The number of rotatable bonds is 1. The van der Waals surface area contributed by atoms with E-state index in [9.17, 15) is 4.79 Å². The first-order valence-corrected chi connectivity index (χ1v) is 7.76. The lowest BCUT2D eigenvalue weighted by molar-refractivity contribution is 0.0902. The molecule has 0 radical (unpaired) electrons. The van der Waals surface area contributed by atoms with Gasteiger partial charge in [-0.05, 0) is 6.07 Å². The normalized spacial score (nSPS) is 14.7. The lowest BCUT2D eigenvalue weighted by atomic mass is 10.3. The first kappa shape index (κ1) is 15.3. The highest BCUT2D eigenvalue weighted by Crippen LogP contribution is 2.21. The molecule has 3 aromatic rings. The van der Waals surface area contributed by atoms with Gasteiger partial charge in [-0.2, -0.15) is 14.7 Å². The van der Waals surface area contributed by atoms with Crippen LogP contribution in [0.1, 0.15) is 15.9 Å². The molecule has 25 heavy (non-hydrogen) atoms. The molecule has 10 nitrogen and oxygen atoms in total. The molecule has 0 aliphatic carbocycles. The maximum absolute atomic E-state index is 12.4. The molecule has 10 heteroatoms. The van der Waals surface area contributed by atoms with E-state index in [2.05, 4.69) is 36.2 Å². The number of ether oxygens (including phenoxy) is 1. The average molecular weight is 340 g/mol. The summed E-state index contributed by atoms with van der Waals surface area (Å²) in [6.07, 6.45) is 3.13. The fraction of sp³-hybridized carbons (Fsp3) is 0.267. The number of fused-ring (bicyclic) bond motifs is 3. The molecule has 0 aromatic carbocycles. The van der Waals surface area contributed by atoms with Crippen LogP contribution in [0.5, 0.6) is 0 Å². The fourth-order valence-corrected chi connectivity index (χ4v) is 2.57. The molecule has 4 bridgehead atoms. The van der Waals surface area contributed by atoms with Gasteiger partial charge in [-0.15, -0.1) is 5.10 Å². The first-order chi connectivity index (χ1) is 12.2. The number of nitrogens with one attached hydrogen (secondary N) is 3. The number of anilines is 3. The molecule has 0 spiro atoms. The van der Waals surface area contributed by atoms with E-state index in [0.29, 0.717) is 48.4 Å². The largest absolute Gasteiger partial charge is 0.375 e. The highest BCUT2D eigenvalue weighted by atomic mass is 16.5. The van der Waals surface area contributed by atoms with Crippen LogP contribution in [0.3, 0.4) is 0 Å².